The van der Waals surface area contributed by atoms with E-state index in [-0.39, 0.29) is 11.8 Å². The molecule has 1 saturated carbocycles. The maximum absolute atomic E-state index is 13.9. The summed E-state index contributed by atoms with van der Waals surface area (Å²) >= 11 is 1.35. The van der Waals surface area contributed by atoms with E-state index in [9.17, 15) is 14.7 Å². The van der Waals surface area contributed by atoms with Crippen molar-refractivity contribution in [3.63, 3.8) is 0 Å². The summed E-state index contributed by atoms with van der Waals surface area (Å²) in [5.74, 6) is -0.542. The first-order chi connectivity index (χ1) is 20.3. The molecule has 3 aromatic rings. The van der Waals surface area contributed by atoms with Crippen molar-refractivity contribution in [2.24, 2.45) is 23.9 Å². The van der Waals surface area contributed by atoms with Gasteiger partial charge in [-0.15, -0.1) is 5.10 Å². The number of hydrogen-bond acceptors (Lipinski definition) is 8. The van der Waals surface area contributed by atoms with Gasteiger partial charge in [-0.1, -0.05) is 99.3 Å². The fourth-order valence-electron chi connectivity index (χ4n) is 5.87. The van der Waals surface area contributed by atoms with Crippen LogP contribution >= 0.6 is 11.8 Å². The van der Waals surface area contributed by atoms with E-state index in [0.29, 0.717) is 29.0 Å². The minimum Gasteiger partial charge on any atom is -0.390 e. The minimum absolute atomic E-state index is 0.245. The largest absolute Gasteiger partial charge is 0.390 e. The van der Waals surface area contributed by atoms with Crippen molar-refractivity contribution in [1.82, 2.24) is 25.5 Å². The molecule has 2 aromatic carbocycles. The molecule has 0 spiro atoms. The van der Waals surface area contributed by atoms with Crippen molar-refractivity contribution in [2.45, 2.75) is 68.8 Å². The summed E-state index contributed by atoms with van der Waals surface area (Å²) in [5, 5.41) is 26.6. The van der Waals surface area contributed by atoms with Crippen molar-refractivity contribution < 1.29 is 14.7 Å². The molecule has 42 heavy (non-hydrogen) atoms. The van der Waals surface area contributed by atoms with Gasteiger partial charge in [0.15, 0.2) is 0 Å². The zero-order chi connectivity index (χ0) is 29.6. The first kappa shape index (κ1) is 29.9. The molecule has 2 aliphatic rings. The average molecular weight is 590 g/mol. The molecule has 2 amide bonds. The summed E-state index contributed by atoms with van der Waals surface area (Å²) in [6.45, 7) is 1.75. The zero-order valence-corrected chi connectivity index (χ0v) is 25.2. The highest BCUT2D eigenvalue weighted by molar-refractivity contribution is 7.99. The van der Waals surface area contributed by atoms with Gasteiger partial charge in [-0.25, -0.2) is 4.68 Å². The Kier molecular flexibility index (Phi) is 9.69. The van der Waals surface area contributed by atoms with Gasteiger partial charge in [0.1, 0.15) is 6.04 Å². The van der Waals surface area contributed by atoms with E-state index in [2.05, 4.69) is 20.8 Å². The number of para-hydroxylation sites is 1. The molecule has 222 valence electrons. The Morgan fingerprint density at radius 1 is 1.07 bits per heavy atom. The lowest BCUT2D eigenvalue weighted by molar-refractivity contribution is -0.131. The van der Waals surface area contributed by atoms with Crippen molar-refractivity contribution in [1.29, 1.82) is 0 Å². The SMILES string of the molecule is CC(C(=O)N[C@@H](CC1CCCCC1)C(O)CSc1nnnn1C)[C@@H]1N=C(c2ccccc2)c2ccccc2N(C)C1=O. The van der Waals surface area contributed by atoms with Gasteiger partial charge in [-0.3, -0.25) is 14.6 Å². The number of tetrazole rings is 1. The third-order valence-electron chi connectivity index (χ3n) is 8.38. The number of nitrogens with one attached hydrogen (secondary N) is 1. The van der Waals surface area contributed by atoms with Crippen LogP contribution < -0.4 is 10.2 Å². The topological polar surface area (TPSA) is 126 Å². The van der Waals surface area contributed by atoms with Crippen LogP contribution in [0.3, 0.4) is 0 Å². The van der Waals surface area contributed by atoms with Crippen LogP contribution in [0.1, 0.15) is 56.6 Å². The molecule has 0 bridgehead atoms. The molecule has 0 saturated heterocycles. The van der Waals surface area contributed by atoms with Crippen LogP contribution in [-0.2, 0) is 16.6 Å². The Morgan fingerprint density at radius 2 is 1.79 bits per heavy atom. The number of thioether (sulfide) groups is 1. The van der Waals surface area contributed by atoms with Crippen LogP contribution in [0.15, 0.2) is 64.7 Å². The molecule has 10 nitrogen and oxygen atoms in total. The lowest BCUT2D eigenvalue weighted by Gasteiger charge is -2.31. The van der Waals surface area contributed by atoms with Crippen molar-refractivity contribution in [3.05, 3.63) is 65.7 Å². The molecule has 0 radical (unpaired) electrons. The highest BCUT2D eigenvalue weighted by Gasteiger charge is 2.38. The molecule has 5 rings (SSSR count). The number of rotatable bonds is 10. The van der Waals surface area contributed by atoms with E-state index in [1.807, 2.05) is 54.6 Å². The molecule has 2 unspecified atom stereocenters. The molecule has 1 aliphatic carbocycles. The van der Waals surface area contributed by atoms with Crippen LogP contribution in [0.2, 0.25) is 0 Å². The number of benzene rings is 2. The van der Waals surface area contributed by atoms with Gasteiger partial charge >= 0.3 is 0 Å². The predicted molar refractivity (Wildman–Crippen MR) is 164 cm³/mol. The number of aromatic nitrogens is 4. The minimum atomic E-state index is -0.927. The maximum Gasteiger partial charge on any atom is 0.252 e. The van der Waals surface area contributed by atoms with Gasteiger partial charge in [0.25, 0.3) is 5.91 Å². The quantitative estimate of drug-likeness (QED) is 0.346. The normalized spacial score (nSPS) is 19.8. The number of anilines is 1. The number of aliphatic hydroxyl groups is 1. The second-order valence-electron chi connectivity index (χ2n) is 11.3. The van der Waals surface area contributed by atoms with E-state index in [1.54, 1.807) is 30.6 Å². The van der Waals surface area contributed by atoms with Gasteiger partial charge in [0.05, 0.1) is 29.5 Å². The average Bonchev–Trinajstić information content (AvgIpc) is 3.39. The fourth-order valence-corrected chi connectivity index (χ4v) is 6.74. The third kappa shape index (κ3) is 6.73. The Hall–Kier alpha value is -3.57. The van der Waals surface area contributed by atoms with Gasteiger partial charge in [-0.05, 0) is 28.8 Å². The number of hydrogen-bond donors (Lipinski definition) is 2. The molecular weight excluding hydrogens is 550 g/mol. The Labute approximate surface area is 251 Å². The molecule has 1 fully saturated rings. The van der Waals surface area contributed by atoms with Crippen LogP contribution in [-0.4, -0.2) is 73.8 Å². The number of aliphatic imine (C=N–C) groups is 1. The highest BCUT2D eigenvalue weighted by atomic mass is 32.2. The summed E-state index contributed by atoms with van der Waals surface area (Å²) in [6.07, 6.45) is 5.59. The zero-order valence-electron chi connectivity index (χ0n) is 24.4. The number of amides is 2. The number of aryl methyl sites for hydroxylation is 1. The maximum atomic E-state index is 13.9. The predicted octanol–water partition coefficient (Wildman–Crippen LogP) is 3.64. The smallest absolute Gasteiger partial charge is 0.252 e. The number of aliphatic hydroxyl groups excluding tert-OH is 1. The van der Waals surface area contributed by atoms with Crippen LogP contribution in [0.25, 0.3) is 0 Å². The molecule has 11 heteroatoms. The number of carbonyl (C=O) groups excluding carboxylic acids is 2. The number of fused-ring (bicyclic) bond motifs is 1. The van der Waals surface area contributed by atoms with Gasteiger partial charge < -0.3 is 15.3 Å². The van der Waals surface area contributed by atoms with E-state index in [0.717, 1.165) is 42.5 Å². The Bertz CT molecular complexity index is 1410. The number of likely N-dealkylation sites (N-methyl/N-ethyl adjacent to an activating group) is 1. The molecule has 2 heterocycles. The monoisotopic (exact) mass is 589 g/mol. The molecule has 4 atom stereocenters. The second kappa shape index (κ2) is 13.6. The summed E-state index contributed by atoms with van der Waals surface area (Å²) in [6, 6.07) is 16.0. The number of benzodiazepines with no additional fused rings is 1. The van der Waals surface area contributed by atoms with Gasteiger partial charge in [-0.2, -0.15) is 0 Å². The van der Waals surface area contributed by atoms with E-state index in [1.165, 1.54) is 18.2 Å². The van der Waals surface area contributed by atoms with E-state index < -0.39 is 24.1 Å². The number of nitrogens with zero attached hydrogens (tertiary/aromatic N) is 6. The first-order valence-electron chi connectivity index (χ1n) is 14.7. The standard InChI is InChI=1S/C31H39N7O3S/c1-20(27-30(41)37(2)25-17-11-10-16-23(25)28(33-27)22-14-8-5-9-15-22)29(40)32-24(18-21-12-6-4-7-13-21)26(39)19-42-31-34-35-36-38(31)3/h5,8-11,14-17,20-21,24,26-27,39H,4,6-7,12-13,18-19H2,1-3H3,(H,32,40)/t20?,24-,26?,27-/m0/s1. The lowest BCUT2D eigenvalue weighted by atomic mass is 9.83. The molecule has 1 aromatic heterocycles. The van der Waals surface area contributed by atoms with Crippen molar-refractivity contribution >= 4 is 35.0 Å². The van der Waals surface area contributed by atoms with Crippen LogP contribution in [0.4, 0.5) is 5.69 Å². The van der Waals surface area contributed by atoms with Crippen LogP contribution in [0, 0.1) is 11.8 Å². The fraction of sp³-hybridized carbons (Fsp3) is 0.484. The van der Waals surface area contributed by atoms with Crippen molar-refractivity contribution in [2.75, 3.05) is 17.7 Å². The highest BCUT2D eigenvalue weighted by Crippen LogP contribution is 2.31. The van der Waals surface area contributed by atoms with Crippen molar-refractivity contribution in [3.8, 4) is 0 Å². The second-order valence-corrected chi connectivity index (χ2v) is 12.3. The van der Waals surface area contributed by atoms with Gasteiger partial charge in [0.2, 0.25) is 11.1 Å². The summed E-state index contributed by atoms with van der Waals surface area (Å²) < 4.78 is 1.56. The molecule has 1 aliphatic heterocycles. The first-order valence-corrected chi connectivity index (χ1v) is 15.7. The molecule has 2 N–H and O–H groups in total. The third-order valence-corrected chi connectivity index (χ3v) is 9.49. The summed E-state index contributed by atoms with van der Waals surface area (Å²) in [4.78, 5) is 34.2. The van der Waals surface area contributed by atoms with Gasteiger partial charge in [0, 0.05) is 31.0 Å². The Balaban J connectivity index is 1.39. The summed E-state index contributed by atoms with van der Waals surface area (Å²) in [7, 11) is 3.48. The number of carbonyl (C=O) groups is 2. The molecular formula is C31H39N7O3S. The lowest BCUT2D eigenvalue weighted by Crippen LogP contribution is -2.51. The van der Waals surface area contributed by atoms with E-state index in [4.69, 9.17) is 4.99 Å². The summed E-state index contributed by atoms with van der Waals surface area (Å²) in [5.41, 5.74) is 3.16. The Morgan fingerprint density at radius 3 is 2.50 bits per heavy atom. The van der Waals surface area contributed by atoms with Crippen LogP contribution in [0.5, 0.6) is 0 Å². The van der Waals surface area contributed by atoms with E-state index >= 15 is 0 Å².